The highest BCUT2D eigenvalue weighted by molar-refractivity contribution is 7.86. The van der Waals surface area contributed by atoms with Gasteiger partial charge in [0, 0.05) is 0 Å². The van der Waals surface area contributed by atoms with E-state index in [0.29, 0.717) is 0 Å². The van der Waals surface area contributed by atoms with E-state index in [1.807, 2.05) is 0 Å². The molecule has 1 aromatic carbocycles. The van der Waals surface area contributed by atoms with E-state index in [-0.39, 0.29) is 4.90 Å². The van der Waals surface area contributed by atoms with Crippen molar-refractivity contribution >= 4 is 15.8 Å². The maximum atomic E-state index is 11.9. The molecule has 1 aliphatic rings. The van der Waals surface area contributed by atoms with E-state index in [9.17, 15) is 8.42 Å². The zero-order valence-electron chi connectivity index (χ0n) is 10.9. The standard InChI is InChI=1S/C14H19NO3S/c16-19(17,14-11-7-4-8-12-14)18-15-13-9-5-2-1-3-6-10-13/h4,7-8,11-12H,1-3,5-6,9-10H2. The molecule has 1 aliphatic carbocycles. The number of benzene rings is 1. The van der Waals surface area contributed by atoms with Gasteiger partial charge in [0.05, 0.1) is 5.71 Å². The molecule has 2 rings (SSSR count). The first-order chi connectivity index (χ1) is 9.18. The highest BCUT2D eigenvalue weighted by Gasteiger charge is 2.15. The molecule has 0 unspecified atom stereocenters. The van der Waals surface area contributed by atoms with E-state index in [4.69, 9.17) is 4.28 Å². The lowest BCUT2D eigenvalue weighted by molar-refractivity contribution is 0.335. The minimum Gasteiger partial charge on any atom is -0.265 e. The van der Waals surface area contributed by atoms with Crippen LogP contribution < -0.4 is 0 Å². The van der Waals surface area contributed by atoms with E-state index in [2.05, 4.69) is 5.16 Å². The average Bonchev–Trinajstić information content (AvgIpc) is 2.38. The van der Waals surface area contributed by atoms with Gasteiger partial charge in [-0.05, 0) is 37.8 Å². The van der Waals surface area contributed by atoms with Gasteiger partial charge in [-0.25, -0.2) is 0 Å². The second-order valence-electron chi connectivity index (χ2n) is 4.77. The first-order valence-corrected chi connectivity index (χ1v) is 8.14. The molecule has 0 N–H and O–H groups in total. The monoisotopic (exact) mass is 281 g/mol. The van der Waals surface area contributed by atoms with Gasteiger partial charge in [-0.3, -0.25) is 4.28 Å². The highest BCUT2D eigenvalue weighted by Crippen LogP contribution is 2.17. The zero-order valence-corrected chi connectivity index (χ0v) is 11.7. The molecule has 1 fully saturated rings. The Morgan fingerprint density at radius 2 is 1.47 bits per heavy atom. The smallest absolute Gasteiger partial charge is 0.265 e. The maximum Gasteiger partial charge on any atom is 0.358 e. The Kier molecular flexibility index (Phi) is 4.96. The molecule has 0 spiro atoms. The molecule has 1 aromatic rings. The van der Waals surface area contributed by atoms with E-state index in [0.717, 1.165) is 31.4 Å². The van der Waals surface area contributed by atoms with Gasteiger partial charge in [0.15, 0.2) is 0 Å². The van der Waals surface area contributed by atoms with E-state index in [1.54, 1.807) is 18.2 Å². The lowest BCUT2D eigenvalue weighted by atomic mass is 9.99. The third-order valence-corrected chi connectivity index (χ3v) is 4.35. The molecule has 0 radical (unpaired) electrons. The Morgan fingerprint density at radius 3 is 2.11 bits per heavy atom. The highest BCUT2D eigenvalue weighted by atomic mass is 32.2. The average molecular weight is 281 g/mol. The number of nitrogens with zero attached hydrogens (tertiary/aromatic N) is 1. The number of hydrogen-bond acceptors (Lipinski definition) is 4. The molecule has 104 valence electrons. The molecule has 0 aliphatic heterocycles. The van der Waals surface area contributed by atoms with Crippen LogP contribution >= 0.6 is 0 Å². The predicted molar refractivity (Wildman–Crippen MR) is 74.5 cm³/mol. The van der Waals surface area contributed by atoms with Crippen LogP contribution in [0, 0.1) is 0 Å². The fraction of sp³-hybridized carbons (Fsp3) is 0.500. The summed E-state index contributed by atoms with van der Waals surface area (Å²) < 4.78 is 28.6. The summed E-state index contributed by atoms with van der Waals surface area (Å²) >= 11 is 0. The molecule has 0 amide bonds. The van der Waals surface area contributed by atoms with Crippen LogP contribution in [0.2, 0.25) is 0 Å². The van der Waals surface area contributed by atoms with Crippen LogP contribution in [-0.2, 0) is 14.4 Å². The molecular formula is C14H19NO3S. The van der Waals surface area contributed by atoms with Crippen molar-refractivity contribution in [2.24, 2.45) is 5.16 Å². The Bertz CT molecular complexity index is 513. The van der Waals surface area contributed by atoms with Crippen LogP contribution in [0.4, 0.5) is 0 Å². The second kappa shape index (κ2) is 6.70. The van der Waals surface area contributed by atoms with Crippen LogP contribution in [-0.4, -0.2) is 14.1 Å². The normalized spacial score (nSPS) is 17.4. The van der Waals surface area contributed by atoms with Gasteiger partial charge >= 0.3 is 10.1 Å². The van der Waals surface area contributed by atoms with Gasteiger partial charge in [-0.2, -0.15) is 8.42 Å². The Hall–Kier alpha value is -1.36. The molecule has 5 heteroatoms. The Labute approximate surface area is 114 Å². The Balaban J connectivity index is 2.03. The molecule has 0 saturated heterocycles. The van der Waals surface area contributed by atoms with Gasteiger partial charge in [0.2, 0.25) is 0 Å². The maximum absolute atomic E-state index is 11.9. The van der Waals surface area contributed by atoms with Crippen molar-refractivity contribution in [1.82, 2.24) is 0 Å². The summed E-state index contributed by atoms with van der Waals surface area (Å²) in [5.41, 5.74) is 0.860. The summed E-state index contributed by atoms with van der Waals surface area (Å²) in [6.07, 6.45) is 7.43. The summed E-state index contributed by atoms with van der Waals surface area (Å²) in [5, 5.41) is 3.86. The zero-order chi connectivity index (χ0) is 13.6. The number of hydrogen-bond donors (Lipinski definition) is 0. The summed E-state index contributed by atoms with van der Waals surface area (Å²) in [7, 11) is -3.77. The van der Waals surface area contributed by atoms with Crippen LogP contribution in [0.15, 0.2) is 40.4 Å². The first-order valence-electron chi connectivity index (χ1n) is 6.73. The van der Waals surface area contributed by atoms with Crippen LogP contribution in [0.3, 0.4) is 0 Å². The van der Waals surface area contributed by atoms with Gasteiger partial charge in [-0.15, -0.1) is 0 Å². The third kappa shape index (κ3) is 4.35. The van der Waals surface area contributed by atoms with Crippen molar-refractivity contribution in [3.63, 3.8) is 0 Å². The van der Waals surface area contributed by atoms with E-state index >= 15 is 0 Å². The van der Waals surface area contributed by atoms with E-state index < -0.39 is 10.1 Å². The van der Waals surface area contributed by atoms with Crippen molar-refractivity contribution in [3.8, 4) is 0 Å². The molecule has 19 heavy (non-hydrogen) atoms. The summed E-state index contributed by atoms with van der Waals surface area (Å²) in [4.78, 5) is 0.144. The molecular weight excluding hydrogens is 262 g/mol. The van der Waals surface area contributed by atoms with Gasteiger partial charge in [0.25, 0.3) is 0 Å². The number of rotatable bonds is 3. The summed E-state index contributed by atoms with van der Waals surface area (Å²) in [6, 6.07) is 8.11. The first kappa shape index (κ1) is 14.1. The lowest BCUT2D eigenvalue weighted by Crippen LogP contribution is -2.07. The number of oxime groups is 1. The second-order valence-corrected chi connectivity index (χ2v) is 6.30. The quantitative estimate of drug-likeness (QED) is 0.797. The SMILES string of the molecule is O=S(=O)(ON=C1CCCCCCC1)c1ccccc1. The predicted octanol–water partition coefficient (Wildman–Crippen LogP) is 3.49. The molecule has 1 saturated carbocycles. The molecule has 0 heterocycles. The molecule has 4 nitrogen and oxygen atoms in total. The topological polar surface area (TPSA) is 55.7 Å². The van der Waals surface area contributed by atoms with Crippen LogP contribution in [0.1, 0.15) is 44.9 Å². The Morgan fingerprint density at radius 1 is 0.895 bits per heavy atom. The van der Waals surface area contributed by atoms with Crippen molar-refractivity contribution < 1.29 is 12.7 Å². The summed E-state index contributed by atoms with van der Waals surface area (Å²) in [5.74, 6) is 0. The van der Waals surface area contributed by atoms with Crippen molar-refractivity contribution in [2.75, 3.05) is 0 Å². The fourth-order valence-electron chi connectivity index (χ4n) is 2.14. The summed E-state index contributed by atoms with van der Waals surface area (Å²) in [6.45, 7) is 0. The third-order valence-electron chi connectivity index (χ3n) is 3.23. The molecule has 0 aromatic heterocycles. The van der Waals surface area contributed by atoms with Gasteiger partial charge < -0.3 is 0 Å². The largest absolute Gasteiger partial charge is 0.358 e. The fourth-order valence-corrected chi connectivity index (χ4v) is 2.92. The van der Waals surface area contributed by atoms with E-state index in [1.165, 1.54) is 31.4 Å². The van der Waals surface area contributed by atoms with Crippen LogP contribution in [0.5, 0.6) is 0 Å². The minimum atomic E-state index is -3.77. The molecule has 0 atom stereocenters. The molecule has 0 bridgehead atoms. The van der Waals surface area contributed by atoms with Crippen molar-refractivity contribution in [2.45, 2.75) is 49.8 Å². The van der Waals surface area contributed by atoms with Gasteiger partial charge in [0.1, 0.15) is 4.90 Å². The van der Waals surface area contributed by atoms with Gasteiger partial charge in [-0.1, -0.05) is 42.6 Å². The lowest BCUT2D eigenvalue weighted by Gasteiger charge is -2.10. The van der Waals surface area contributed by atoms with Crippen molar-refractivity contribution in [1.29, 1.82) is 0 Å². The minimum absolute atomic E-state index is 0.144. The van der Waals surface area contributed by atoms with Crippen molar-refractivity contribution in [3.05, 3.63) is 30.3 Å². The van der Waals surface area contributed by atoms with Crippen LogP contribution in [0.25, 0.3) is 0 Å².